The molecule has 0 nitrogen and oxygen atoms in total. The lowest BCUT2D eigenvalue weighted by atomic mass is 9.81. The second-order valence-electron chi connectivity index (χ2n) is 16.1. The summed E-state index contributed by atoms with van der Waals surface area (Å²) in [5, 5.41) is 14.9. The molecule has 0 heterocycles. The zero-order valence-electron chi connectivity index (χ0n) is 32.9. The highest BCUT2D eigenvalue weighted by Gasteiger charge is 2.21. The molecule has 0 aromatic heterocycles. The Labute approximate surface area is 349 Å². The van der Waals surface area contributed by atoms with E-state index in [9.17, 15) is 0 Å². The van der Waals surface area contributed by atoms with Crippen LogP contribution in [0.3, 0.4) is 0 Å². The van der Waals surface area contributed by atoms with Crippen molar-refractivity contribution in [3.63, 3.8) is 0 Å². The number of benzene rings is 12. The van der Waals surface area contributed by atoms with Crippen LogP contribution in [0.5, 0.6) is 0 Å². The highest BCUT2D eigenvalue weighted by Crippen LogP contribution is 2.48. The summed E-state index contributed by atoms with van der Waals surface area (Å²) < 4.78 is 0. The van der Waals surface area contributed by atoms with Crippen molar-refractivity contribution in [2.24, 2.45) is 0 Å². The maximum Gasteiger partial charge on any atom is -0.00259 e. The number of hydrogen-bond acceptors (Lipinski definition) is 0. The fourth-order valence-electron chi connectivity index (χ4n) is 9.60. The van der Waals surface area contributed by atoms with Crippen LogP contribution in [-0.4, -0.2) is 0 Å². The molecule has 0 aliphatic rings. The van der Waals surface area contributed by atoms with E-state index < -0.39 is 0 Å². The molecule has 0 spiro atoms. The molecule has 12 aromatic carbocycles. The molecule has 0 atom stereocenters. The van der Waals surface area contributed by atoms with E-state index in [2.05, 4.69) is 231 Å². The van der Waals surface area contributed by atoms with Gasteiger partial charge in [0.05, 0.1) is 0 Å². The zero-order chi connectivity index (χ0) is 39.6. The lowest BCUT2D eigenvalue weighted by Crippen LogP contribution is -1.94. The second kappa shape index (κ2) is 13.9. The monoisotopic (exact) mass is 758 g/mol. The molecule has 0 fully saturated rings. The summed E-state index contributed by atoms with van der Waals surface area (Å²) in [6.07, 6.45) is 0. The highest BCUT2D eigenvalue weighted by atomic mass is 14.2. The van der Waals surface area contributed by atoms with Gasteiger partial charge in [0.25, 0.3) is 0 Å². The summed E-state index contributed by atoms with van der Waals surface area (Å²) in [5.41, 5.74) is 12.2. The molecule has 278 valence electrons. The van der Waals surface area contributed by atoms with E-state index >= 15 is 0 Å². The maximum atomic E-state index is 2.50. The minimum atomic E-state index is 1.20. The summed E-state index contributed by atoms with van der Waals surface area (Å²) in [6.45, 7) is 0. The first-order chi connectivity index (χ1) is 29.7. The van der Waals surface area contributed by atoms with E-state index in [0.717, 1.165) is 0 Å². The Morgan fingerprint density at radius 3 is 0.950 bits per heavy atom. The molecular weight excluding hydrogens is 721 g/mol. The van der Waals surface area contributed by atoms with E-state index in [4.69, 9.17) is 0 Å². The van der Waals surface area contributed by atoms with Crippen LogP contribution in [0, 0.1) is 0 Å². The van der Waals surface area contributed by atoms with Gasteiger partial charge in [-0.15, -0.1) is 0 Å². The molecule has 0 heteroatoms. The number of hydrogen-bond donors (Lipinski definition) is 0. The van der Waals surface area contributed by atoms with Crippen LogP contribution in [0.15, 0.2) is 231 Å². The smallest absolute Gasteiger partial charge is 0.00259 e. The molecule has 0 amide bonds. The average Bonchev–Trinajstić information content (AvgIpc) is 3.32. The summed E-state index contributed by atoms with van der Waals surface area (Å²) in [5.74, 6) is 0. The topological polar surface area (TPSA) is 0 Å². The molecule has 0 saturated carbocycles. The van der Waals surface area contributed by atoms with Gasteiger partial charge < -0.3 is 0 Å². The lowest BCUT2D eigenvalue weighted by molar-refractivity contribution is 1.61. The van der Waals surface area contributed by atoms with E-state index in [-0.39, 0.29) is 0 Å². The predicted octanol–water partition coefficient (Wildman–Crippen LogP) is 16.9. The summed E-state index contributed by atoms with van der Waals surface area (Å²) in [4.78, 5) is 0. The third-order valence-electron chi connectivity index (χ3n) is 12.6. The Kier molecular flexibility index (Phi) is 7.96. The predicted molar refractivity (Wildman–Crippen MR) is 259 cm³/mol. The number of fused-ring (bicyclic) bond motifs is 6. The molecule has 0 radical (unpaired) electrons. The molecule has 0 aliphatic carbocycles. The van der Waals surface area contributed by atoms with Gasteiger partial charge in [0.15, 0.2) is 0 Å². The van der Waals surface area contributed by atoms with Crippen LogP contribution in [0.1, 0.15) is 0 Å². The van der Waals surface area contributed by atoms with Gasteiger partial charge in [-0.3, -0.25) is 0 Å². The third kappa shape index (κ3) is 5.76. The van der Waals surface area contributed by atoms with Crippen molar-refractivity contribution in [2.75, 3.05) is 0 Å². The first-order valence-electron chi connectivity index (χ1n) is 20.8. The minimum absolute atomic E-state index is 1.20. The van der Waals surface area contributed by atoms with Gasteiger partial charge in [-0.2, -0.15) is 0 Å². The molecule has 0 N–H and O–H groups in total. The first kappa shape index (κ1) is 34.3. The second-order valence-corrected chi connectivity index (χ2v) is 16.1. The van der Waals surface area contributed by atoms with Crippen LogP contribution >= 0.6 is 0 Å². The molecule has 12 rings (SSSR count). The van der Waals surface area contributed by atoms with Gasteiger partial charge in [0.2, 0.25) is 0 Å². The van der Waals surface area contributed by atoms with Crippen LogP contribution in [0.25, 0.3) is 120 Å². The van der Waals surface area contributed by atoms with Crippen LogP contribution in [0.4, 0.5) is 0 Å². The Bertz CT molecular complexity index is 3660. The fourth-order valence-corrected chi connectivity index (χ4v) is 9.60. The van der Waals surface area contributed by atoms with Crippen LogP contribution in [0.2, 0.25) is 0 Å². The quantitative estimate of drug-likeness (QED) is 0.153. The average molecular weight is 759 g/mol. The standard InChI is InChI=1S/C60H38/c1-5-16-43-32-48(28-24-39(43)12-1)47-20-11-21-51(36-47)59-53-22-9-10-23-54(53)60(52-31-27-42-15-4-8-19-46(42)35-52)58-38-56(50-30-26-41-14-3-7-18-45(41)34-50)55(37-57(58)59)49-29-25-40-13-2-6-17-44(40)33-49/h1-38H. The summed E-state index contributed by atoms with van der Waals surface area (Å²) in [6, 6.07) is 85.6. The van der Waals surface area contributed by atoms with E-state index in [1.54, 1.807) is 0 Å². The first-order valence-corrected chi connectivity index (χ1v) is 20.8. The van der Waals surface area contributed by atoms with Crippen molar-refractivity contribution < 1.29 is 0 Å². The van der Waals surface area contributed by atoms with E-state index in [0.29, 0.717) is 0 Å². The van der Waals surface area contributed by atoms with Gasteiger partial charge in [-0.1, -0.05) is 188 Å². The van der Waals surface area contributed by atoms with Gasteiger partial charge in [-0.05, 0) is 163 Å². The Balaban J connectivity index is 1.21. The van der Waals surface area contributed by atoms with Crippen molar-refractivity contribution in [2.45, 2.75) is 0 Å². The SMILES string of the molecule is c1cc(-c2ccc3ccccc3c2)cc(-c2c3ccccc3c(-c3ccc4ccccc4c3)c3cc(-c4ccc5ccccc5c4)c(-c4ccc5ccccc5c4)cc23)c1. The zero-order valence-corrected chi connectivity index (χ0v) is 32.9. The molecule has 0 bridgehead atoms. The molecule has 12 aromatic rings. The van der Waals surface area contributed by atoms with Crippen molar-refractivity contribution in [1.29, 1.82) is 0 Å². The van der Waals surface area contributed by atoms with E-state index in [1.165, 1.54) is 120 Å². The Hall–Kier alpha value is -7.80. The lowest BCUT2D eigenvalue weighted by Gasteiger charge is -2.22. The number of rotatable bonds is 5. The fraction of sp³-hybridized carbons (Fsp3) is 0. The highest BCUT2D eigenvalue weighted by molar-refractivity contribution is 6.23. The third-order valence-corrected chi connectivity index (χ3v) is 12.6. The van der Waals surface area contributed by atoms with Crippen molar-refractivity contribution in [3.05, 3.63) is 231 Å². The molecule has 0 saturated heterocycles. The molecule has 0 unspecified atom stereocenters. The maximum absolute atomic E-state index is 2.50. The van der Waals surface area contributed by atoms with Crippen molar-refractivity contribution in [1.82, 2.24) is 0 Å². The molecule has 60 heavy (non-hydrogen) atoms. The van der Waals surface area contributed by atoms with Gasteiger partial charge >= 0.3 is 0 Å². The van der Waals surface area contributed by atoms with Crippen LogP contribution in [-0.2, 0) is 0 Å². The van der Waals surface area contributed by atoms with Gasteiger partial charge in [-0.25, -0.2) is 0 Å². The van der Waals surface area contributed by atoms with E-state index in [1.807, 2.05) is 0 Å². The largest absolute Gasteiger partial charge is 0.0616 e. The van der Waals surface area contributed by atoms with Gasteiger partial charge in [0, 0.05) is 0 Å². The summed E-state index contributed by atoms with van der Waals surface area (Å²) >= 11 is 0. The van der Waals surface area contributed by atoms with Crippen LogP contribution < -0.4 is 0 Å². The van der Waals surface area contributed by atoms with Crippen molar-refractivity contribution in [3.8, 4) is 55.6 Å². The Morgan fingerprint density at radius 2 is 0.483 bits per heavy atom. The Morgan fingerprint density at radius 1 is 0.167 bits per heavy atom. The van der Waals surface area contributed by atoms with Gasteiger partial charge in [0.1, 0.15) is 0 Å². The minimum Gasteiger partial charge on any atom is -0.0616 e. The summed E-state index contributed by atoms with van der Waals surface area (Å²) in [7, 11) is 0. The van der Waals surface area contributed by atoms with Crippen molar-refractivity contribution >= 4 is 64.6 Å². The molecular formula is C60H38. The molecule has 0 aliphatic heterocycles. The normalized spacial score (nSPS) is 11.7.